The van der Waals surface area contributed by atoms with Crippen LogP contribution in [0.2, 0.25) is 0 Å². The standard InChI is InChI=1S/C28H26N6O3S/c1-19-7-9-20(10-8-19)30-25(35)15-18-33-27(26(31-28(33)38)23-5-2-3-16-29-23)24-6-4-17-32(24)21-11-13-22(14-12-21)34(36)37/h2-14,16-17,26-27H,15,18H2,1H3,(H,30,35)(H,31,38)/t26-,27+/m1/s1. The van der Waals surface area contributed by atoms with Crippen molar-refractivity contribution in [2.75, 3.05) is 11.9 Å². The Hall–Kier alpha value is -4.57. The van der Waals surface area contributed by atoms with E-state index in [4.69, 9.17) is 12.2 Å². The van der Waals surface area contributed by atoms with Crippen LogP contribution < -0.4 is 10.6 Å². The quantitative estimate of drug-likeness (QED) is 0.187. The van der Waals surface area contributed by atoms with E-state index < -0.39 is 4.92 Å². The molecule has 192 valence electrons. The normalized spacial score (nSPS) is 16.8. The third-order valence-corrected chi connectivity index (χ3v) is 6.89. The number of pyridine rings is 1. The number of nitrogens with zero attached hydrogens (tertiary/aromatic N) is 4. The minimum atomic E-state index is -0.416. The first-order chi connectivity index (χ1) is 18.4. The number of benzene rings is 2. The van der Waals surface area contributed by atoms with Crippen molar-refractivity contribution in [2.24, 2.45) is 0 Å². The molecule has 1 aliphatic heterocycles. The fourth-order valence-corrected chi connectivity index (χ4v) is 4.99. The average Bonchev–Trinajstić information content (AvgIpc) is 3.53. The van der Waals surface area contributed by atoms with Crippen molar-refractivity contribution in [2.45, 2.75) is 25.4 Å². The number of amides is 1. The molecule has 2 N–H and O–H groups in total. The topological polar surface area (TPSA) is 105 Å². The first-order valence-corrected chi connectivity index (χ1v) is 12.6. The Labute approximate surface area is 225 Å². The van der Waals surface area contributed by atoms with Crippen LogP contribution in [0.3, 0.4) is 0 Å². The lowest BCUT2D eigenvalue weighted by Gasteiger charge is -2.28. The van der Waals surface area contributed by atoms with Gasteiger partial charge in [-0.1, -0.05) is 23.8 Å². The van der Waals surface area contributed by atoms with Gasteiger partial charge in [0.1, 0.15) is 0 Å². The number of aromatic nitrogens is 2. The molecule has 0 saturated carbocycles. The van der Waals surface area contributed by atoms with Gasteiger partial charge < -0.3 is 20.1 Å². The van der Waals surface area contributed by atoms with Gasteiger partial charge in [-0.25, -0.2) is 0 Å². The van der Waals surface area contributed by atoms with Crippen molar-refractivity contribution < 1.29 is 9.72 Å². The summed E-state index contributed by atoms with van der Waals surface area (Å²) in [4.78, 5) is 30.1. The third kappa shape index (κ3) is 5.25. The lowest BCUT2D eigenvalue weighted by atomic mass is 10.0. The molecule has 10 heteroatoms. The van der Waals surface area contributed by atoms with Gasteiger partial charge in [-0.15, -0.1) is 0 Å². The minimum absolute atomic E-state index is 0.0266. The van der Waals surface area contributed by atoms with E-state index in [1.807, 2.05) is 77.2 Å². The minimum Gasteiger partial charge on any atom is -0.352 e. The predicted octanol–water partition coefficient (Wildman–Crippen LogP) is 5.09. The van der Waals surface area contributed by atoms with Crippen molar-refractivity contribution in [1.29, 1.82) is 0 Å². The highest BCUT2D eigenvalue weighted by atomic mass is 32.1. The number of thiocarbonyl (C=S) groups is 1. The van der Waals surface area contributed by atoms with E-state index in [1.165, 1.54) is 12.1 Å². The maximum Gasteiger partial charge on any atom is 0.269 e. The number of non-ortho nitro benzene ring substituents is 1. The van der Waals surface area contributed by atoms with Crippen molar-refractivity contribution in [3.05, 3.63) is 118 Å². The second-order valence-corrected chi connectivity index (χ2v) is 9.45. The second-order valence-electron chi connectivity index (χ2n) is 9.06. The number of hydrogen-bond acceptors (Lipinski definition) is 5. The zero-order valence-corrected chi connectivity index (χ0v) is 21.5. The van der Waals surface area contributed by atoms with Gasteiger partial charge in [0.25, 0.3) is 5.69 Å². The lowest BCUT2D eigenvalue weighted by Crippen LogP contribution is -2.33. The third-order valence-electron chi connectivity index (χ3n) is 6.53. The van der Waals surface area contributed by atoms with Crippen molar-refractivity contribution in [3.8, 4) is 5.69 Å². The highest BCUT2D eigenvalue weighted by Crippen LogP contribution is 2.39. The summed E-state index contributed by atoms with van der Waals surface area (Å²) in [6.45, 7) is 2.39. The molecule has 2 aromatic heterocycles. The first-order valence-electron chi connectivity index (χ1n) is 12.2. The molecule has 1 saturated heterocycles. The number of carbonyl (C=O) groups excluding carboxylic acids is 1. The molecule has 0 spiro atoms. The van der Waals surface area contributed by atoms with E-state index >= 15 is 0 Å². The maximum absolute atomic E-state index is 12.8. The highest BCUT2D eigenvalue weighted by molar-refractivity contribution is 7.80. The molecule has 1 amide bonds. The molecule has 0 radical (unpaired) electrons. The molecule has 9 nitrogen and oxygen atoms in total. The van der Waals surface area contributed by atoms with Gasteiger partial charge in [-0.3, -0.25) is 19.9 Å². The van der Waals surface area contributed by atoms with Gasteiger partial charge in [0.05, 0.1) is 22.7 Å². The average molecular weight is 527 g/mol. The molecular weight excluding hydrogens is 500 g/mol. The van der Waals surface area contributed by atoms with E-state index in [0.29, 0.717) is 11.7 Å². The number of carbonyl (C=O) groups is 1. The van der Waals surface area contributed by atoms with Crippen LogP contribution >= 0.6 is 12.2 Å². The zero-order chi connectivity index (χ0) is 26.6. The summed E-state index contributed by atoms with van der Waals surface area (Å²) in [6.07, 6.45) is 3.89. The number of rotatable bonds is 8. The van der Waals surface area contributed by atoms with E-state index in [2.05, 4.69) is 15.6 Å². The van der Waals surface area contributed by atoms with Gasteiger partial charge in [0.15, 0.2) is 5.11 Å². The van der Waals surface area contributed by atoms with E-state index in [0.717, 1.165) is 28.3 Å². The van der Waals surface area contributed by atoms with Gasteiger partial charge in [-0.2, -0.15) is 0 Å². The van der Waals surface area contributed by atoms with Crippen LogP contribution in [0.25, 0.3) is 5.69 Å². The molecule has 1 aliphatic rings. The van der Waals surface area contributed by atoms with Gasteiger partial charge in [0, 0.05) is 54.6 Å². The van der Waals surface area contributed by atoms with Crippen LogP contribution in [0.1, 0.15) is 35.5 Å². The molecular formula is C28H26N6O3S. The second kappa shape index (κ2) is 10.8. The van der Waals surface area contributed by atoms with Crippen LogP contribution in [0, 0.1) is 17.0 Å². The molecule has 2 aromatic carbocycles. The lowest BCUT2D eigenvalue weighted by molar-refractivity contribution is -0.384. The van der Waals surface area contributed by atoms with E-state index in [-0.39, 0.29) is 30.1 Å². The Morgan fingerprint density at radius 1 is 1.08 bits per heavy atom. The summed E-state index contributed by atoms with van der Waals surface area (Å²) in [6, 6.07) is 23.2. The molecule has 1 fully saturated rings. The molecule has 5 rings (SSSR count). The Morgan fingerprint density at radius 3 is 2.53 bits per heavy atom. The monoisotopic (exact) mass is 526 g/mol. The highest BCUT2D eigenvalue weighted by Gasteiger charge is 2.41. The van der Waals surface area contributed by atoms with Crippen LogP contribution in [-0.4, -0.2) is 36.9 Å². The molecule has 3 heterocycles. The summed E-state index contributed by atoms with van der Waals surface area (Å²) in [5, 5.41) is 18.0. The smallest absolute Gasteiger partial charge is 0.269 e. The van der Waals surface area contributed by atoms with E-state index in [1.54, 1.807) is 18.3 Å². The Kier molecular flexibility index (Phi) is 7.14. The predicted molar refractivity (Wildman–Crippen MR) is 149 cm³/mol. The molecule has 4 aromatic rings. The molecule has 0 unspecified atom stereocenters. The number of nitro groups is 1. The largest absolute Gasteiger partial charge is 0.352 e. The molecule has 0 bridgehead atoms. The first kappa shape index (κ1) is 25.1. The van der Waals surface area contributed by atoms with Crippen molar-refractivity contribution in [3.63, 3.8) is 0 Å². The number of nitrogens with one attached hydrogen (secondary N) is 2. The number of aryl methyl sites for hydroxylation is 1. The fourth-order valence-electron chi connectivity index (χ4n) is 4.66. The summed E-state index contributed by atoms with van der Waals surface area (Å²) in [7, 11) is 0. The van der Waals surface area contributed by atoms with Crippen LogP contribution in [0.15, 0.2) is 91.3 Å². The van der Waals surface area contributed by atoms with Crippen molar-refractivity contribution in [1.82, 2.24) is 19.8 Å². The zero-order valence-electron chi connectivity index (χ0n) is 20.7. The van der Waals surface area contributed by atoms with Gasteiger partial charge in [0.2, 0.25) is 5.91 Å². The summed E-state index contributed by atoms with van der Waals surface area (Å²) >= 11 is 5.74. The summed E-state index contributed by atoms with van der Waals surface area (Å²) in [5.74, 6) is -0.109. The Bertz CT molecular complexity index is 1450. The SMILES string of the molecule is Cc1ccc(NC(=O)CCN2C(=S)N[C@H](c3ccccn3)[C@@H]2c2cccn2-c2ccc([N+](=O)[O-])cc2)cc1. The van der Waals surface area contributed by atoms with Crippen molar-refractivity contribution >= 4 is 34.6 Å². The van der Waals surface area contributed by atoms with Crippen LogP contribution in [0.5, 0.6) is 0 Å². The van der Waals surface area contributed by atoms with Crippen LogP contribution in [0.4, 0.5) is 11.4 Å². The Morgan fingerprint density at radius 2 is 1.84 bits per heavy atom. The fraction of sp³-hybridized carbons (Fsp3) is 0.179. The number of hydrogen-bond donors (Lipinski definition) is 2. The van der Waals surface area contributed by atoms with Crippen LogP contribution in [-0.2, 0) is 4.79 Å². The molecule has 2 atom stereocenters. The Balaban J connectivity index is 1.43. The number of anilines is 1. The van der Waals surface area contributed by atoms with Gasteiger partial charge >= 0.3 is 0 Å². The molecule has 38 heavy (non-hydrogen) atoms. The summed E-state index contributed by atoms with van der Waals surface area (Å²) in [5.41, 5.74) is 4.42. The number of nitro benzene ring substituents is 1. The molecule has 0 aliphatic carbocycles. The van der Waals surface area contributed by atoms with E-state index in [9.17, 15) is 14.9 Å². The maximum atomic E-state index is 12.8. The summed E-state index contributed by atoms with van der Waals surface area (Å²) < 4.78 is 1.99. The van der Waals surface area contributed by atoms with Gasteiger partial charge in [-0.05, 0) is 67.7 Å².